The van der Waals surface area contributed by atoms with Gasteiger partial charge in [0.05, 0.1) is 26.6 Å². The van der Waals surface area contributed by atoms with E-state index in [1.807, 2.05) is 4.57 Å². The normalized spacial score (nSPS) is 11.1. The molecule has 0 spiro atoms. The summed E-state index contributed by atoms with van der Waals surface area (Å²) in [5.41, 5.74) is 1.43. The van der Waals surface area contributed by atoms with Gasteiger partial charge < -0.3 is 23.4 Å². The van der Waals surface area contributed by atoms with Crippen LogP contribution in [0.25, 0.3) is 22.1 Å². The number of rotatable bonds is 8. The molecule has 0 radical (unpaired) electrons. The molecular formula is C20H22NO8+. The van der Waals surface area contributed by atoms with E-state index in [0.29, 0.717) is 35.3 Å². The van der Waals surface area contributed by atoms with Crippen LogP contribution in [0.3, 0.4) is 0 Å². The van der Waals surface area contributed by atoms with Gasteiger partial charge in [-0.1, -0.05) is 0 Å². The fourth-order valence-corrected chi connectivity index (χ4v) is 3.20. The zero-order chi connectivity index (χ0) is 21.1. The Hall–Kier alpha value is -3.36. The van der Waals surface area contributed by atoms with E-state index in [9.17, 15) is 14.4 Å². The largest absolute Gasteiger partial charge is 0.481 e. The van der Waals surface area contributed by atoms with Crippen molar-refractivity contribution in [3.8, 4) is 0 Å². The van der Waals surface area contributed by atoms with Crippen LogP contribution in [-0.2, 0) is 20.8 Å². The maximum absolute atomic E-state index is 12.5. The number of carbonyl (C=O) groups excluding carboxylic acids is 2. The summed E-state index contributed by atoms with van der Waals surface area (Å²) in [4.78, 5) is 35.6. The standard InChI is InChI=1S/C20H21NO8/c1-4-26-19(24)17-12-9-13-15(10-14(12)29-18(17)20(25)27-5-2)28-11(3)21(13)8-6-7-16(22)23/h9-10H,4-8H2,1-3H3/p+1. The van der Waals surface area contributed by atoms with Gasteiger partial charge in [0.1, 0.15) is 11.1 Å². The summed E-state index contributed by atoms with van der Waals surface area (Å²) in [6.07, 6.45) is 0.436. The molecule has 1 N–H and O–H groups in total. The molecule has 1 aromatic carbocycles. The molecule has 0 bridgehead atoms. The van der Waals surface area contributed by atoms with Crippen LogP contribution in [0.1, 0.15) is 53.5 Å². The van der Waals surface area contributed by atoms with E-state index < -0.39 is 17.9 Å². The van der Waals surface area contributed by atoms with Crippen molar-refractivity contribution in [2.75, 3.05) is 13.2 Å². The quantitative estimate of drug-likeness (QED) is 0.449. The van der Waals surface area contributed by atoms with Gasteiger partial charge in [0.25, 0.3) is 5.52 Å². The Morgan fingerprint density at radius 1 is 1.03 bits per heavy atom. The first-order chi connectivity index (χ1) is 13.9. The highest BCUT2D eigenvalue weighted by molar-refractivity contribution is 6.12. The number of nitrogens with zero attached hydrogens (tertiary/aromatic N) is 1. The number of aliphatic carboxylic acids is 1. The maximum atomic E-state index is 12.5. The van der Waals surface area contributed by atoms with E-state index in [4.69, 9.17) is 23.4 Å². The van der Waals surface area contributed by atoms with Gasteiger partial charge >= 0.3 is 23.8 Å². The molecule has 0 fully saturated rings. The number of carboxylic acids is 1. The summed E-state index contributed by atoms with van der Waals surface area (Å²) >= 11 is 0. The van der Waals surface area contributed by atoms with Crippen molar-refractivity contribution in [1.82, 2.24) is 0 Å². The second kappa shape index (κ2) is 8.34. The Morgan fingerprint density at radius 3 is 2.38 bits per heavy atom. The summed E-state index contributed by atoms with van der Waals surface area (Å²) in [6.45, 7) is 5.77. The van der Waals surface area contributed by atoms with Crippen LogP contribution in [0.2, 0.25) is 0 Å². The van der Waals surface area contributed by atoms with Gasteiger partial charge in [-0.3, -0.25) is 4.79 Å². The number of aryl methyl sites for hydroxylation is 2. The lowest BCUT2D eigenvalue weighted by atomic mass is 10.1. The number of carbonyl (C=O) groups is 3. The summed E-state index contributed by atoms with van der Waals surface area (Å²) in [6, 6.07) is 3.28. The first-order valence-corrected chi connectivity index (χ1v) is 9.32. The highest BCUT2D eigenvalue weighted by Crippen LogP contribution is 2.31. The van der Waals surface area contributed by atoms with Crippen molar-refractivity contribution >= 4 is 40.0 Å². The van der Waals surface area contributed by atoms with Gasteiger partial charge in [-0.25, -0.2) is 9.59 Å². The highest BCUT2D eigenvalue weighted by atomic mass is 16.5. The molecule has 0 saturated carbocycles. The lowest BCUT2D eigenvalue weighted by Gasteiger charge is -2.02. The molecule has 2 heterocycles. The second-order valence-electron chi connectivity index (χ2n) is 6.33. The van der Waals surface area contributed by atoms with E-state index >= 15 is 0 Å². The summed E-state index contributed by atoms with van der Waals surface area (Å²) in [7, 11) is 0. The molecule has 0 unspecified atom stereocenters. The van der Waals surface area contributed by atoms with Gasteiger partial charge in [0, 0.05) is 23.9 Å². The summed E-state index contributed by atoms with van der Waals surface area (Å²) < 4.78 is 23.3. The zero-order valence-electron chi connectivity index (χ0n) is 16.4. The zero-order valence-corrected chi connectivity index (χ0v) is 16.4. The third-order valence-corrected chi connectivity index (χ3v) is 4.41. The number of hydrogen-bond acceptors (Lipinski definition) is 7. The molecule has 0 aliphatic rings. The Bertz CT molecular complexity index is 1090. The third-order valence-electron chi connectivity index (χ3n) is 4.41. The molecule has 0 aliphatic heterocycles. The summed E-state index contributed by atoms with van der Waals surface area (Å²) in [5, 5.41) is 9.27. The van der Waals surface area contributed by atoms with Crippen molar-refractivity contribution in [2.24, 2.45) is 0 Å². The fourth-order valence-electron chi connectivity index (χ4n) is 3.20. The van der Waals surface area contributed by atoms with Crippen LogP contribution in [0.5, 0.6) is 0 Å². The number of aromatic nitrogens is 1. The number of benzene rings is 1. The molecule has 0 aliphatic carbocycles. The molecule has 3 aromatic rings. The minimum Gasteiger partial charge on any atom is -0.481 e. The number of carboxylic acid groups (broad SMARTS) is 1. The Kier molecular flexibility index (Phi) is 5.86. The van der Waals surface area contributed by atoms with Crippen LogP contribution in [0, 0.1) is 6.92 Å². The highest BCUT2D eigenvalue weighted by Gasteiger charge is 2.30. The van der Waals surface area contributed by atoms with Gasteiger partial charge in [-0.05, 0) is 13.8 Å². The average Bonchev–Trinajstić information content (AvgIpc) is 3.17. The minimum absolute atomic E-state index is 0.00172. The molecule has 9 heteroatoms. The average molecular weight is 404 g/mol. The molecule has 2 aromatic heterocycles. The number of fused-ring (bicyclic) bond motifs is 2. The molecule has 0 amide bonds. The van der Waals surface area contributed by atoms with E-state index in [2.05, 4.69) is 0 Å². The number of ether oxygens (including phenoxy) is 2. The van der Waals surface area contributed by atoms with Crippen LogP contribution >= 0.6 is 0 Å². The lowest BCUT2D eigenvalue weighted by molar-refractivity contribution is -0.682. The molecule has 0 atom stereocenters. The van der Waals surface area contributed by atoms with E-state index in [-0.39, 0.29) is 36.5 Å². The summed E-state index contributed by atoms with van der Waals surface area (Å²) in [5.74, 6) is -1.96. The van der Waals surface area contributed by atoms with E-state index in [0.717, 1.165) is 0 Å². The van der Waals surface area contributed by atoms with Crippen molar-refractivity contribution in [2.45, 2.75) is 40.2 Å². The van der Waals surface area contributed by atoms with Gasteiger partial charge in [-0.15, -0.1) is 0 Å². The van der Waals surface area contributed by atoms with Crippen molar-refractivity contribution in [3.05, 3.63) is 29.3 Å². The first kappa shape index (κ1) is 20.4. The predicted molar refractivity (Wildman–Crippen MR) is 99.7 cm³/mol. The van der Waals surface area contributed by atoms with Gasteiger partial charge in [0.15, 0.2) is 6.54 Å². The first-order valence-electron chi connectivity index (χ1n) is 9.32. The van der Waals surface area contributed by atoms with Crippen LogP contribution in [0.15, 0.2) is 21.0 Å². The molecular weight excluding hydrogens is 382 g/mol. The fraction of sp³-hybridized carbons (Fsp3) is 0.400. The van der Waals surface area contributed by atoms with Crippen molar-refractivity contribution in [3.63, 3.8) is 0 Å². The third kappa shape index (κ3) is 3.94. The predicted octanol–water partition coefficient (Wildman–Crippen LogP) is 2.99. The Balaban J connectivity index is 2.16. The molecule has 3 rings (SSSR count). The van der Waals surface area contributed by atoms with Crippen LogP contribution in [0.4, 0.5) is 0 Å². The number of hydrogen-bond donors (Lipinski definition) is 1. The SMILES string of the molecule is CCOC(=O)c1oc2cc3oc(C)[n+](CCCC(=O)O)c3cc2c1C(=O)OCC. The van der Waals surface area contributed by atoms with Gasteiger partial charge in [-0.2, -0.15) is 4.57 Å². The van der Waals surface area contributed by atoms with Gasteiger partial charge in [0.2, 0.25) is 11.3 Å². The van der Waals surface area contributed by atoms with Crippen LogP contribution < -0.4 is 4.57 Å². The maximum Gasteiger partial charge on any atom is 0.375 e. The molecule has 29 heavy (non-hydrogen) atoms. The van der Waals surface area contributed by atoms with Crippen LogP contribution in [-0.4, -0.2) is 36.2 Å². The molecule has 9 nitrogen and oxygen atoms in total. The lowest BCUT2D eigenvalue weighted by Crippen LogP contribution is -2.35. The molecule has 154 valence electrons. The number of esters is 2. The molecule has 0 saturated heterocycles. The number of oxazole rings is 1. The van der Waals surface area contributed by atoms with Crippen molar-refractivity contribution < 1.29 is 42.4 Å². The Morgan fingerprint density at radius 2 is 1.72 bits per heavy atom. The van der Waals surface area contributed by atoms with E-state index in [1.165, 1.54) is 0 Å². The second-order valence-corrected chi connectivity index (χ2v) is 6.33. The smallest absolute Gasteiger partial charge is 0.375 e. The Labute approximate surface area is 165 Å². The number of furan rings is 1. The topological polar surface area (TPSA) is 120 Å². The van der Waals surface area contributed by atoms with Crippen molar-refractivity contribution in [1.29, 1.82) is 0 Å². The monoisotopic (exact) mass is 404 g/mol. The van der Waals surface area contributed by atoms with E-state index in [1.54, 1.807) is 32.9 Å². The minimum atomic E-state index is -0.878.